The van der Waals surface area contributed by atoms with Gasteiger partial charge < -0.3 is 4.74 Å². The molecule has 0 amide bonds. The van der Waals surface area contributed by atoms with Crippen molar-refractivity contribution in [3.8, 4) is 0 Å². The second kappa shape index (κ2) is 4.43. The first-order chi connectivity index (χ1) is 10.4. The van der Waals surface area contributed by atoms with Gasteiger partial charge in [-0.3, -0.25) is 0 Å². The number of fused-ring (bicyclic) bond motifs is 1. The van der Waals surface area contributed by atoms with Crippen LogP contribution in [0.4, 0.5) is 0 Å². The lowest BCUT2D eigenvalue weighted by atomic mass is 9.90. The van der Waals surface area contributed by atoms with Crippen molar-refractivity contribution < 1.29 is 13.2 Å². The minimum atomic E-state index is -3.41. The van der Waals surface area contributed by atoms with Gasteiger partial charge in [-0.25, -0.2) is 8.42 Å². The van der Waals surface area contributed by atoms with E-state index in [9.17, 15) is 8.42 Å². The van der Waals surface area contributed by atoms with E-state index in [1.165, 1.54) is 5.57 Å². The van der Waals surface area contributed by atoms with Gasteiger partial charge in [-0.05, 0) is 31.1 Å². The Kier molecular flexibility index (Phi) is 2.91. The fourth-order valence-corrected chi connectivity index (χ4v) is 5.36. The summed E-state index contributed by atoms with van der Waals surface area (Å²) in [4.78, 5) is 0.381. The minimum Gasteiger partial charge on any atom is -0.380 e. The maximum absolute atomic E-state index is 12.8. The van der Waals surface area contributed by atoms with Crippen molar-refractivity contribution in [1.82, 2.24) is 4.31 Å². The molecule has 118 valence electrons. The number of benzene rings is 1. The Balaban J connectivity index is 1.56. The first kappa shape index (κ1) is 14.4. The summed E-state index contributed by atoms with van der Waals surface area (Å²) < 4.78 is 32.7. The van der Waals surface area contributed by atoms with Crippen LogP contribution < -0.4 is 0 Å². The lowest BCUT2D eigenvalue weighted by Crippen LogP contribution is -2.30. The molecule has 0 radical (unpaired) electrons. The molecule has 0 spiro atoms. The maximum atomic E-state index is 12.8. The average molecular weight is 319 g/mol. The van der Waals surface area contributed by atoms with Gasteiger partial charge in [0.1, 0.15) is 0 Å². The largest absolute Gasteiger partial charge is 0.380 e. The Bertz CT molecular complexity index is 749. The molecule has 0 aromatic heterocycles. The minimum absolute atomic E-state index is 0.102. The third-order valence-electron chi connectivity index (χ3n) is 5.65. The van der Waals surface area contributed by atoms with Crippen molar-refractivity contribution >= 4 is 10.0 Å². The molecule has 2 fully saturated rings. The smallest absolute Gasteiger partial charge is 0.243 e. The van der Waals surface area contributed by atoms with Gasteiger partial charge in [-0.1, -0.05) is 30.7 Å². The fourth-order valence-electron chi connectivity index (χ4n) is 4.00. The van der Waals surface area contributed by atoms with E-state index in [2.05, 4.69) is 13.0 Å². The van der Waals surface area contributed by atoms with Gasteiger partial charge >= 0.3 is 0 Å². The molecule has 2 heterocycles. The van der Waals surface area contributed by atoms with Crippen LogP contribution in [0.25, 0.3) is 0 Å². The van der Waals surface area contributed by atoms with Crippen LogP contribution >= 0.6 is 0 Å². The van der Waals surface area contributed by atoms with Gasteiger partial charge in [0.05, 0.1) is 18.1 Å². The Hall–Kier alpha value is -1.17. The Labute approximate surface area is 131 Å². The highest BCUT2D eigenvalue weighted by Gasteiger charge is 2.70. The first-order valence-corrected chi connectivity index (χ1v) is 9.16. The predicted molar refractivity (Wildman–Crippen MR) is 84.0 cm³/mol. The number of nitrogens with zero attached hydrogens (tertiary/aromatic N) is 1. The van der Waals surface area contributed by atoms with E-state index in [4.69, 9.17) is 4.74 Å². The first-order valence-electron chi connectivity index (χ1n) is 7.72. The summed E-state index contributed by atoms with van der Waals surface area (Å²) in [6.07, 6.45) is 3.23. The van der Waals surface area contributed by atoms with Gasteiger partial charge in [0.15, 0.2) is 0 Å². The second-order valence-corrected chi connectivity index (χ2v) is 9.09. The van der Waals surface area contributed by atoms with Gasteiger partial charge in [0.2, 0.25) is 10.0 Å². The molecule has 4 nitrogen and oxygen atoms in total. The summed E-state index contributed by atoms with van der Waals surface area (Å²) in [5.41, 5.74) is 2.64. The molecule has 0 N–H and O–H groups in total. The van der Waals surface area contributed by atoms with Crippen molar-refractivity contribution in [1.29, 1.82) is 0 Å². The van der Waals surface area contributed by atoms with E-state index in [-0.39, 0.29) is 10.8 Å². The average Bonchev–Trinajstić information content (AvgIpc) is 2.87. The molecule has 0 unspecified atom stereocenters. The SMILES string of the molecule is Cc1ccc(S(=O)(=O)N2CC=C([C@]34COC[C@@]3(C)C4)C2)cc1. The van der Waals surface area contributed by atoms with E-state index < -0.39 is 10.0 Å². The summed E-state index contributed by atoms with van der Waals surface area (Å²) in [6.45, 7) is 6.73. The quantitative estimate of drug-likeness (QED) is 0.804. The molecule has 22 heavy (non-hydrogen) atoms. The van der Waals surface area contributed by atoms with Crippen molar-refractivity contribution in [2.24, 2.45) is 10.8 Å². The fraction of sp³-hybridized carbons (Fsp3) is 0.529. The maximum Gasteiger partial charge on any atom is 0.243 e. The van der Waals surface area contributed by atoms with Crippen molar-refractivity contribution in [3.05, 3.63) is 41.5 Å². The van der Waals surface area contributed by atoms with E-state index in [1.54, 1.807) is 16.4 Å². The van der Waals surface area contributed by atoms with E-state index in [0.717, 1.165) is 25.2 Å². The van der Waals surface area contributed by atoms with Gasteiger partial charge in [-0.2, -0.15) is 4.31 Å². The zero-order valence-electron chi connectivity index (χ0n) is 13.0. The summed E-state index contributed by atoms with van der Waals surface area (Å²) >= 11 is 0. The Morgan fingerprint density at radius 1 is 1.18 bits per heavy atom. The standard InChI is InChI=1S/C17H21NO3S/c1-13-3-5-15(6-4-13)22(19,20)18-8-7-14(9-18)17-10-16(17,2)11-21-12-17/h3-7H,8-12H2,1-2H3/t16-,17+/m1/s1. The van der Waals surface area contributed by atoms with Crippen LogP contribution in [0.15, 0.2) is 40.8 Å². The highest BCUT2D eigenvalue weighted by molar-refractivity contribution is 7.89. The third-order valence-corrected chi connectivity index (χ3v) is 7.48. The zero-order valence-corrected chi connectivity index (χ0v) is 13.8. The molecule has 1 aromatic rings. The van der Waals surface area contributed by atoms with Crippen LogP contribution in [-0.4, -0.2) is 39.0 Å². The molecule has 2 aliphatic heterocycles. The summed E-state index contributed by atoms with van der Waals surface area (Å²) in [5, 5.41) is 0. The summed E-state index contributed by atoms with van der Waals surface area (Å²) in [6, 6.07) is 7.08. The van der Waals surface area contributed by atoms with Crippen LogP contribution in [0, 0.1) is 17.8 Å². The topological polar surface area (TPSA) is 46.6 Å². The Morgan fingerprint density at radius 2 is 1.91 bits per heavy atom. The van der Waals surface area contributed by atoms with E-state index >= 15 is 0 Å². The predicted octanol–water partition coefficient (Wildman–Crippen LogP) is 2.35. The highest BCUT2D eigenvalue weighted by Crippen LogP contribution is 2.71. The van der Waals surface area contributed by atoms with Crippen LogP contribution in [0.5, 0.6) is 0 Å². The molecule has 1 saturated carbocycles. The number of ether oxygens (including phenoxy) is 1. The van der Waals surface area contributed by atoms with Gasteiger partial charge in [-0.15, -0.1) is 0 Å². The molecular weight excluding hydrogens is 298 g/mol. The third kappa shape index (κ3) is 1.85. The van der Waals surface area contributed by atoms with Gasteiger partial charge in [0, 0.05) is 23.9 Å². The lowest BCUT2D eigenvalue weighted by molar-refractivity contribution is 0.143. The monoisotopic (exact) mass is 319 g/mol. The van der Waals surface area contributed by atoms with Crippen LogP contribution in [0.3, 0.4) is 0 Å². The molecule has 1 aromatic carbocycles. The second-order valence-electron chi connectivity index (χ2n) is 7.15. The van der Waals surface area contributed by atoms with Crippen molar-refractivity contribution in [3.63, 3.8) is 0 Å². The Morgan fingerprint density at radius 3 is 2.50 bits per heavy atom. The molecule has 0 bridgehead atoms. The summed E-state index contributed by atoms with van der Waals surface area (Å²) in [7, 11) is -3.41. The van der Waals surface area contributed by atoms with Crippen LogP contribution in [0.1, 0.15) is 18.9 Å². The van der Waals surface area contributed by atoms with Gasteiger partial charge in [0.25, 0.3) is 0 Å². The van der Waals surface area contributed by atoms with E-state index in [1.807, 2.05) is 19.1 Å². The number of hydrogen-bond donors (Lipinski definition) is 0. The van der Waals surface area contributed by atoms with Crippen LogP contribution in [-0.2, 0) is 14.8 Å². The molecule has 5 heteroatoms. The number of sulfonamides is 1. The van der Waals surface area contributed by atoms with E-state index in [0.29, 0.717) is 18.0 Å². The number of aryl methyl sites for hydroxylation is 1. The highest BCUT2D eigenvalue weighted by atomic mass is 32.2. The van der Waals surface area contributed by atoms with Crippen molar-refractivity contribution in [2.45, 2.75) is 25.2 Å². The molecule has 1 saturated heterocycles. The molecule has 2 atom stereocenters. The van der Waals surface area contributed by atoms with Crippen LogP contribution in [0.2, 0.25) is 0 Å². The molecule has 1 aliphatic carbocycles. The molecule has 4 rings (SSSR count). The normalized spacial score (nSPS) is 34.5. The lowest BCUT2D eigenvalue weighted by Gasteiger charge is -2.20. The van der Waals surface area contributed by atoms with Crippen molar-refractivity contribution in [2.75, 3.05) is 26.3 Å². The summed E-state index contributed by atoms with van der Waals surface area (Å²) in [5.74, 6) is 0. The molecule has 3 aliphatic rings. The zero-order chi connectivity index (χ0) is 15.6. The molecular formula is C17H21NO3S. The number of rotatable bonds is 3. The number of hydrogen-bond acceptors (Lipinski definition) is 3.